The van der Waals surface area contributed by atoms with Crippen LogP contribution in [0.5, 0.6) is 0 Å². The monoisotopic (exact) mass is 277 g/mol. The zero-order valence-corrected chi connectivity index (χ0v) is 11.2. The molecule has 2 N–H and O–H groups in total. The van der Waals surface area contributed by atoms with Gasteiger partial charge in [0.25, 0.3) is 0 Å². The lowest BCUT2D eigenvalue weighted by molar-refractivity contribution is 0.981. The summed E-state index contributed by atoms with van der Waals surface area (Å²) < 4.78 is 0. The van der Waals surface area contributed by atoms with Crippen LogP contribution in [0, 0.1) is 11.3 Å². The van der Waals surface area contributed by atoms with Gasteiger partial charge >= 0.3 is 0 Å². The molecule has 1 fully saturated rings. The number of halogens is 1. The highest BCUT2D eigenvalue weighted by molar-refractivity contribution is 7.15. The highest BCUT2D eigenvalue weighted by Crippen LogP contribution is 2.39. The highest BCUT2D eigenvalue weighted by atomic mass is 35.5. The van der Waals surface area contributed by atoms with Gasteiger partial charge in [0.2, 0.25) is 0 Å². The first kappa shape index (κ1) is 13.0. The van der Waals surface area contributed by atoms with E-state index in [1.165, 1.54) is 16.9 Å². The molecule has 2 aromatic heterocycles. The van der Waals surface area contributed by atoms with Gasteiger partial charge in [-0.15, -0.1) is 23.7 Å². The van der Waals surface area contributed by atoms with Gasteiger partial charge in [0, 0.05) is 18.2 Å². The molecule has 3 nitrogen and oxygen atoms in total. The molecule has 5 heteroatoms. The summed E-state index contributed by atoms with van der Waals surface area (Å²) in [6.45, 7) is 0. The van der Waals surface area contributed by atoms with Crippen molar-refractivity contribution in [3.63, 3.8) is 0 Å². The Balaban J connectivity index is 0.00000120. The zero-order chi connectivity index (χ0) is 11.8. The molecular formula is C13H12ClN3S. The van der Waals surface area contributed by atoms with Crippen LogP contribution in [0.3, 0.4) is 0 Å². The molecular weight excluding hydrogens is 266 g/mol. The van der Waals surface area contributed by atoms with Crippen LogP contribution in [0.1, 0.15) is 22.8 Å². The van der Waals surface area contributed by atoms with Gasteiger partial charge in [-0.05, 0) is 30.2 Å². The van der Waals surface area contributed by atoms with E-state index in [0.29, 0.717) is 12.0 Å². The van der Waals surface area contributed by atoms with E-state index in [2.05, 4.69) is 17.1 Å². The SMILES string of the molecule is Cl.N#Cc1ccc(-c2ccc([C@@H]3C[C@H]3N)cn2)s1. The van der Waals surface area contributed by atoms with Crippen molar-refractivity contribution in [1.29, 1.82) is 5.26 Å². The summed E-state index contributed by atoms with van der Waals surface area (Å²) in [6, 6.07) is 10.3. The van der Waals surface area contributed by atoms with Gasteiger partial charge in [-0.1, -0.05) is 6.07 Å². The first-order chi connectivity index (χ1) is 8.28. The first-order valence-electron chi connectivity index (χ1n) is 5.50. The smallest absolute Gasteiger partial charge is 0.110 e. The lowest BCUT2D eigenvalue weighted by Crippen LogP contribution is -2.01. The lowest BCUT2D eigenvalue weighted by Gasteiger charge is -2.00. The average molecular weight is 278 g/mol. The van der Waals surface area contributed by atoms with Gasteiger partial charge in [0.15, 0.2) is 0 Å². The maximum absolute atomic E-state index is 8.78. The summed E-state index contributed by atoms with van der Waals surface area (Å²) >= 11 is 1.47. The molecule has 18 heavy (non-hydrogen) atoms. The van der Waals surface area contributed by atoms with Crippen molar-refractivity contribution in [3.05, 3.63) is 40.9 Å². The van der Waals surface area contributed by atoms with E-state index < -0.39 is 0 Å². The molecule has 92 valence electrons. The minimum absolute atomic E-state index is 0. The van der Waals surface area contributed by atoms with Gasteiger partial charge in [0.1, 0.15) is 10.9 Å². The normalized spacial score (nSPS) is 20.9. The number of aromatic nitrogens is 1. The molecule has 0 spiro atoms. The Morgan fingerprint density at radius 3 is 2.61 bits per heavy atom. The van der Waals surface area contributed by atoms with Crippen molar-refractivity contribution in [3.8, 4) is 16.6 Å². The van der Waals surface area contributed by atoms with E-state index in [-0.39, 0.29) is 12.4 Å². The van der Waals surface area contributed by atoms with Crippen molar-refractivity contribution < 1.29 is 0 Å². The predicted octanol–water partition coefficient (Wildman–Crippen LogP) is 2.92. The predicted molar refractivity (Wildman–Crippen MR) is 74.8 cm³/mol. The van der Waals surface area contributed by atoms with E-state index in [0.717, 1.165) is 21.9 Å². The van der Waals surface area contributed by atoms with Crippen LogP contribution < -0.4 is 5.73 Å². The quantitative estimate of drug-likeness (QED) is 0.918. The van der Waals surface area contributed by atoms with Gasteiger partial charge in [-0.25, -0.2) is 0 Å². The maximum Gasteiger partial charge on any atom is 0.110 e. The number of nitriles is 1. The Labute approximate surface area is 116 Å². The molecule has 0 aromatic carbocycles. The number of pyridine rings is 1. The van der Waals surface area contributed by atoms with E-state index in [4.69, 9.17) is 11.0 Å². The molecule has 0 saturated heterocycles. The van der Waals surface area contributed by atoms with Crippen molar-refractivity contribution in [2.75, 3.05) is 0 Å². The standard InChI is InChI=1S/C13H11N3S.ClH/c14-6-9-2-4-13(17-9)12-3-1-8(7-16-12)10-5-11(10)15;/h1-4,7,10-11H,5,15H2;1H/t10-,11+;/m0./s1. The molecule has 1 saturated carbocycles. The van der Waals surface area contributed by atoms with Crippen LogP contribution >= 0.6 is 23.7 Å². The molecule has 2 heterocycles. The highest BCUT2D eigenvalue weighted by Gasteiger charge is 2.34. The molecule has 0 unspecified atom stereocenters. The molecule has 1 aliphatic rings. The third-order valence-corrected chi connectivity index (χ3v) is 4.04. The van der Waals surface area contributed by atoms with Gasteiger partial charge in [-0.3, -0.25) is 4.98 Å². The van der Waals surface area contributed by atoms with Crippen molar-refractivity contribution in [1.82, 2.24) is 4.98 Å². The largest absolute Gasteiger partial charge is 0.327 e. The summed E-state index contributed by atoms with van der Waals surface area (Å²) in [5, 5.41) is 8.78. The molecule has 2 atom stereocenters. The number of nitrogens with two attached hydrogens (primary N) is 1. The van der Waals surface area contributed by atoms with Crippen LogP contribution in [-0.4, -0.2) is 11.0 Å². The van der Waals surface area contributed by atoms with Crippen LogP contribution in [0.2, 0.25) is 0 Å². The Kier molecular flexibility index (Phi) is 3.67. The van der Waals surface area contributed by atoms with Crippen molar-refractivity contribution >= 4 is 23.7 Å². The second-order valence-corrected chi connectivity index (χ2v) is 5.34. The summed E-state index contributed by atoms with van der Waals surface area (Å²) in [5.41, 5.74) is 7.95. The maximum atomic E-state index is 8.78. The second-order valence-electron chi connectivity index (χ2n) is 4.26. The third kappa shape index (κ3) is 2.39. The second kappa shape index (κ2) is 5.07. The van der Waals surface area contributed by atoms with Gasteiger partial charge in [-0.2, -0.15) is 5.26 Å². The van der Waals surface area contributed by atoms with Crippen LogP contribution in [0.4, 0.5) is 0 Å². The fourth-order valence-corrected chi connectivity index (χ4v) is 2.68. The van der Waals surface area contributed by atoms with Gasteiger partial charge < -0.3 is 5.73 Å². The zero-order valence-electron chi connectivity index (χ0n) is 9.54. The fourth-order valence-electron chi connectivity index (χ4n) is 1.90. The number of nitrogens with zero attached hydrogens (tertiary/aromatic N) is 2. The number of rotatable bonds is 2. The first-order valence-corrected chi connectivity index (χ1v) is 6.31. The molecule has 3 rings (SSSR count). The third-order valence-electron chi connectivity index (χ3n) is 3.02. The van der Waals surface area contributed by atoms with E-state index >= 15 is 0 Å². The Hall–Kier alpha value is -1.41. The van der Waals surface area contributed by atoms with Gasteiger partial charge in [0.05, 0.1) is 10.6 Å². The van der Waals surface area contributed by atoms with Crippen LogP contribution in [0.15, 0.2) is 30.5 Å². The topological polar surface area (TPSA) is 62.7 Å². The summed E-state index contributed by atoms with van der Waals surface area (Å²) in [7, 11) is 0. The van der Waals surface area contributed by atoms with Crippen LogP contribution in [0.25, 0.3) is 10.6 Å². The molecule has 0 bridgehead atoms. The van der Waals surface area contributed by atoms with E-state index in [1.54, 1.807) is 0 Å². The lowest BCUT2D eigenvalue weighted by atomic mass is 10.1. The minimum atomic E-state index is 0. The number of hydrogen-bond acceptors (Lipinski definition) is 4. The van der Waals surface area contributed by atoms with Crippen molar-refractivity contribution in [2.24, 2.45) is 5.73 Å². The molecule has 2 aromatic rings. The van der Waals surface area contributed by atoms with E-state index in [9.17, 15) is 0 Å². The number of thiophene rings is 1. The summed E-state index contributed by atoms with van der Waals surface area (Å²) in [6.07, 6.45) is 2.97. The number of hydrogen-bond donors (Lipinski definition) is 1. The Bertz CT molecular complexity index is 585. The minimum Gasteiger partial charge on any atom is -0.327 e. The molecule has 0 amide bonds. The average Bonchev–Trinajstić information content (AvgIpc) is 2.92. The molecule has 0 radical (unpaired) electrons. The van der Waals surface area contributed by atoms with E-state index in [1.807, 2.05) is 24.4 Å². The molecule has 0 aliphatic heterocycles. The summed E-state index contributed by atoms with van der Waals surface area (Å²) in [5.74, 6) is 0.495. The van der Waals surface area contributed by atoms with Crippen LogP contribution in [-0.2, 0) is 0 Å². The van der Waals surface area contributed by atoms with Crippen molar-refractivity contribution in [2.45, 2.75) is 18.4 Å². The Morgan fingerprint density at radius 1 is 1.33 bits per heavy atom. The summed E-state index contributed by atoms with van der Waals surface area (Å²) in [4.78, 5) is 6.19. The Morgan fingerprint density at radius 2 is 2.11 bits per heavy atom. The fraction of sp³-hybridized carbons (Fsp3) is 0.231. The molecule has 1 aliphatic carbocycles.